The summed E-state index contributed by atoms with van der Waals surface area (Å²) in [5.74, 6) is -0.0487. The molecule has 0 spiro atoms. The molecule has 0 aliphatic carbocycles. The Kier molecular flexibility index (Phi) is 5.69. The van der Waals surface area contributed by atoms with E-state index in [1.165, 1.54) is 24.1 Å². The summed E-state index contributed by atoms with van der Waals surface area (Å²) in [5.41, 5.74) is 0.987. The topological polar surface area (TPSA) is 74.0 Å². The molecule has 0 aliphatic rings. The molecule has 2 aromatic heterocycles. The van der Waals surface area contributed by atoms with E-state index in [9.17, 15) is 18.0 Å². The monoisotopic (exact) mass is 471 g/mol. The maximum Gasteiger partial charge on any atom is 0.436 e. The highest BCUT2D eigenvalue weighted by Crippen LogP contribution is 2.35. The van der Waals surface area contributed by atoms with E-state index in [1.54, 1.807) is 0 Å². The molecule has 0 atom stereocenters. The Balaban J connectivity index is 1.69. The number of carbonyl (C=O) groups is 1. The Bertz CT molecular complexity index is 1060. The minimum Gasteiger partial charge on any atom is -0.471 e. The Morgan fingerprint density at radius 1 is 1.31 bits per heavy atom. The lowest BCUT2D eigenvalue weighted by molar-refractivity contribution is -0.142. The van der Waals surface area contributed by atoms with Crippen molar-refractivity contribution in [3.8, 4) is 5.75 Å². The number of alkyl halides is 3. The summed E-state index contributed by atoms with van der Waals surface area (Å²) >= 11 is 2.81. The largest absolute Gasteiger partial charge is 0.471 e. The van der Waals surface area contributed by atoms with Crippen LogP contribution >= 0.6 is 15.9 Å². The van der Waals surface area contributed by atoms with Gasteiger partial charge in [-0.3, -0.25) is 9.48 Å². The minimum atomic E-state index is -4.68. The fourth-order valence-electron chi connectivity index (χ4n) is 2.71. The van der Waals surface area contributed by atoms with Gasteiger partial charge in [0.25, 0.3) is 5.91 Å². The van der Waals surface area contributed by atoms with Crippen LogP contribution in [0.15, 0.2) is 35.1 Å². The zero-order chi connectivity index (χ0) is 21.3. The molecule has 11 heteroatoms. The lowest BCUT2D eigenvalue weighted by atomic mass is 10.1. The van der Waals surface area contributed by atoms with Crippen LogP contribution in [0.4, 0.5) is 18.9 Å². The molecule has 1 aromatic carbocycles. The van der Waals surface area contributed by atoms with Gasteiger partial charge in [-0.05, 0) is 41.4 Å². The fourth-order valence-corrected chi connectivity index (χ4v) is 3.45. The van der Waals surface area contributed by atoms with Gasteiger partial charge < -0.3 is 10.1 Å². The van der Waals surface area contributed by atoms with Gasteiger partial charge >= 0.3 is 6.18 Å². The number of ether oxygens (including phenoxy) is 1. The van der Waals surface area contributed by atoms with Crippen LogP contribution < -0.4 is 10.1 Å². The molecule has 0 saturated heterocycles. The standard InChI is InChI=1S/C18H17BrF3N5O2/c1-10-4-5-13(11(2)6-10)29-9-27-8-12(7-23-27)24-17(28)15-14(19)16(18(20,21)22)25-26(15)3/h4-8H,9H2,1-3H3,(H,24,28). The molecule has 154 valence electrons. The lowest BCUT2D eigenvalue weighted by Crippen LogP contribution is -2.16. The van der Waals surface area contributed by atoms with Crippen molar-refractivity contribution in [1.82, 2.24) is 19.6 Å². The molecule has 3 aromatic rings. The predicted molar refractivity (Wildman–Crippen MR) is 103 cm³/mol. The lowest BCUT2D eigenvalue weighted by Gasteiger charge is -2.09. The highest BCUT2D eigenvalue weighted by atomic mass is 79.9. The third-order valence-electron chi connectivity index (χ3n) is 4.05. The summed E-state index contributed by atoms with van der Waals surface area (Å²) in [7, 11) is 1.26. The Morgan fingerprint density at radius 3 is 2.66 bits per heavy atom. The van der Waals surface area contributed by atoms with Gasteiger partial charge in [0, 0.05) is 7.05 Å². The molecule has 0 unspecified atom stereocenters. The SMILES string of the molecule is Cc1ccc(OCn2cc(NC(=O)c3c(Br)c(C(F)(F)F)nn3C)cn2)c(C)c1. The molecule has 0 bridgehead atoms. The summed E-state index contributed by atoms with van der Waals surface area (Å²) in [6.45, 7) is 4.02. The molecule has 7 nitrogen and oxygen atoms in total. The van der Waals surface area contributed by atoms with E-state index in [0.717, 1.165) is 15.8 Å². The molecule has 0 radical (unpaired) electrons. The van der Waals surface area contributed by atoms with Crippen LogP contribution in [0.5, 0.6) is 5.75 Å². The van der Waals surface area contributed by atoms with Crippen molar-refractivity contribution in [1.29, 1.82) is 0 Å². The second-order valence-corrected chi connectivity index (χ2v) is 7.19. The van der Waals surface area contributed by atoms with Crippen molar-refractivity contribution in [2.75, 3.05) is 5.32 Å². The second kappa shape index (κ2) is 7.90. The molecule has 0 fully saturated rings. The number of aryl methyl sites for hydroxylation is 3. The summed E-state index contributed by atoms with van der Waals surface area (Å²) in [4.78, 5) is 12.4. The molecule has 29 heavy (non-hydrogen) atoms. The van der Waals surface area contributed by atoms with Gasteiger partial charge in [-0.2, -0.15) is 23.4 Å². The van der Waals surface area contributed by atoms with Gasteiger partial charge in [-0.15, -0.1) is 0 Å². The van der Waals surface area contributed by atoms with Crippen LogP contribution in [-0.2, 0) is 20.0 Å². The molecular formula is C18H17BrF3N5O2. The number of hydrogen-bond acceptors (Lipinski definition) is 4. The predicted octanol–water partition coefficient (Wildman–Crippen LogP) is 4.30. The zero-order valence-corrected chi connectivity index (χ0v) is 17.3. The van der Waals surface area contributed by atoms with Crippen LogP contribution in [0.3, 0.4) is 0 Å². The van der Waals surface area contributed by atoms with E-state index in [-0.39, 0.29) is 12.4 Å². The minimum absolute atomic E-state index is 0.105. The molecule has 2 heterocycles. The van der Waals surface area contributed by atoms with Crippen molar-refractivity contribution >= 4 is 27.5 Å². The van der Waals surface area contributed by atoms with Gasteiger partial charge in [-0.25, -0.2) is 4.68 Å². The van der Waals surface area contributed by atoms with Crippen LogP contribution in [-0.4, -0.2) is 25.5 Å². The van der Waals surface area contributed by atoms with Crippen LogP contribution in [0.1, 0.15) is 27.3 Å². The highest BCUT2D eigenvalue weighted by molar-refractivity contribution is 9.10. The molecule has 0 saturated carbocycles. The molecule has 1 N–H and O–H groups in total. The molecule has 1 amide bonds. The number of amides is 1. The third kappa shape index (κ3) is 4.61. The van der Waals surface area contributed by atoms with Gasteiger partial charge in [-0.1, -0.05) is 17.7 Å². The first kappa shape index (κ1) is 20.9. The average Bonchev–Trinajstić information content (AvgIpc) is 3.17. The first-order valence-electron chi connectivity index (χ1n) is 8.40. The van der Waals surface area contributed by atoms with Crippen molar-refractivity contribution < 1.29 is 22.7 Å². The van der Waals surface area contributed by atoms with Gasteiger partial charge in [0.15, 0.2) is 12.4 Å². The Morgan fingerprint density at radius 2 is 2.03 bits per heavy atom. The fraction of sp³-hybridized carbons (Fsp3) is 0.278. The summed E-state index contributed by atoms with van der Waals surface area (Å²) in [6, 6.07) is 5.78. The maximum absolute atomic E-state index is 12.9. The van der Waals surface area contributed by atoms with Crippen LogP contribution in [0.25, 0.3) is 0 Å². The highest BCUT2D eigenvalue weighted by Gasteiger charge is 2.39. The van der Waals surface area contributed by atoms with Crippen molar-refractivity contribution in [3.05, 3.63) is 57.6 Å². The zero-order valence-electron chi connectivity index (χ0n) is 15.7. The number of benzene rings is 1. The third-order valence-corrected chi connectivity index (χ3v) is 4.80. The number of anilines is 1. The number of aromatic nitrogens is 4. The quantitative estimate of drug-likeness (QED) is 0.601. The summed E-state index contributed by atoms with van der Waals surface area (Å²) < 4.78 is 46.4. The van der Waals surface area contributed by atoms with Crippen LogP contribution in [0.2, 0.25) is 0 Å². The Hall–Kier alpha value is -2.82. The van der Waals surface area contributed by atoms with E-state index >= 15 is 0 Å². The van der Waals surface area contributed by atoms with E-state index in [2.05, 4.69) is 31.4 Å². The van der Waals surface area contributed by atoms with Gasteiger partial charge in [0.05, 0.1) is 22.6 Å². The van der Waals surface area contributed by atoms with Gasteiger partial charge in [0.1, 0.15) is 11.4 Å². The second-order valence-electron chi connectivity index (χ2n) is 6.40. The van der Waals surface area contributed by atoms with Crippen molar-refractivity contribution in [3.63, 3.8) is 0 Å². The normalized spacial score (nSPS) is 11.6. The number of halogens is 4. The van der Waals surface area contributed by atoms with E-state index in [1.807, 2.05) is 32.0 Å². The van der Waals surface area contributed by atoms with Gasteiger partial charge in [0.2, 0.25) is 0 Å². The molecule has 0 aliphatic heterocycles. The number of nitrogens with zero attached hydrogens (tertiary/aromatic N) is 4. The number of carbonyl (C=O) groups excluding carboxylic acids is 1. The summed E-state index contributed by atoms with van der Waals surface area (Å²) in [5, 5.41) is 9.95. The van der Waals surface area contributed by atoms with Crippen molar-refractivity contribution in [2.24, 2.45) is 7.05 Å². The maximum atomic E-state index is 12.9. The number of nitrogens with one attached hydrogen (secondary N) is 1. The first-order valence-corrected chi connectivity index (χ1v) is 9.19. The van der Waals surface area contributed by atoms with Crippen molar-refractivity contribution in [2.45, 2.75) is 26.8 Å². The Labute approximate surface area is 172 Å². The average molecular weight is 472 g/mol. The number of hydrogen-bond donors (Lipinski definition) is 1. The molecular weight excluding hydrogens is 455 g/mol. The van der Waals surface area contributed by atoms with Crippen LogP contribution in [0, 0.1) is 13.8 Å². The van der Waals surface area contributed by atoms with E-state index in [4.69, 9.17) is 4.74 Å². The first-order chi connectivity index (χ1) is 13.6. The van der Waals surface area contributed by atoms with E-state index < -0.39 is 22.3 Å². The smallest absolute Gasteiger partial charge is 0.436 e. The summed E-state index contributed by atoms with van der Waals surface area (Å²) in [6.07, 6.45) is -1.79. The molecule has 3 rings (SSSR count). The number of rotatable bonds is 5. The van der Waals surface area contributed by atoms with E-state index in [0.29, 0.717) is 11.4 Å².